The Labute approximate surface area is 156 Å². The van der Waals surface area contributed by atoms with Crippen molar-refractivity contribution >= 4 is 17.3 Å². The summed E-state index contributed by atoms with van der Waals surface area (Å²) >= 11 is 1.65. The van der Waals surface area contributed by atoms with E-state index in [1.54, 1.807) is 18.4 Å². The molecule has 7 heteroatoms. The van der Waals surface area contributed by atoms with E-state index in [1.165, 1.54) is 25.7 Å². The summed E-state index contributed by atoms with van der Waals surface area (Å²) in [5.74, 6) is 0.911. The van der Waals surface area contributed by atoms with Gasteiger partial charge in [0.2, 0.25) is 0 Å². The molecule has 0 bridgehead atoms. The van der Waals surface area contributed by atoms with Crippen molar-refractivity contribution in [3.05, 3.63) is 16.1 Å². The summed E-state index contributed by atoms with van der Waals surface area (Å²) in [5.41, 5.74) is 1.05. The first kappa shape index (κ1) is 20.1. The van der Waals surface area contributed by atoms with Gasteiger partial charge in [-0.05, 0) is 26.8 Å². The Morgan fingerprint density at radius 2 is 2.16 bits per heavy atom. The number of rotatable bonds is 8. The van der Waals surface area contributed by atoms with E-state index in [0.717, 1.165) is 42.3 Å². The van der Waals surface area contributed by atoms with E-state index in [2.05, 4.69) is 44.6 Å². The van der Waals surface area contributed by atoms with Gasteiger partial charge in [-0.2, -0.15) is 0 Å². The molecule has 1 aliphatic rings. The van der Waals surface area contributed by atoms with Gasteiger partial charge in [-0.25, -0.2) is 4.98 Å². The lowest BCUT2D eigenvalue weighted by Gasteiger charge is -2.26. The Morgan fingerprint density at radius 1 is 1.44 bits per heavy atom. The van der Waals surface area contributed by atoms with Crippen LogP contribution in [0.2, 0.25) is 0 Å². The number of ether oxygens (including phenoxy) is 1. The molecule has 142 valence electrons. The summed E-state index contributed by atoms with van der Waals surface area (Å²) in [4.78, 5) is 13.7. The zero-order chi connectivity index (χ0) is 18.2. The molecule has 1 aromatic rings. The molecule has 1 atom stereocenters. The van der Waals surface area contributed by atoms with Gasteiger partial charge in [0.15, 0.2) is 5.96 Å². The van der Waals surface area contributed by atoms with Crippen LogP contribution in [-0.4, -0.2) is 68.1 Å². The maximum Gasteiger partial charge on any atom is 0.193 e. The Bertz CT molecular complexity index is 541. The fraction of sp³-hybridized carbons (Fsp3) is 0.778. The minimum atomic E-state index is 0.0487. The average molecular weight is 368 g/mol. The molecule has 1 saturated carbocycles. The number of methoxy groups -OCH3 is 1. The van der Waals surface area contributed by atoms with Crippen LogP contribution in [0.3, 0.4) is 0 Å². The van der Waals surface area contributed by atoms with Gasteiger partial charge in [0.25, 0.3) is 0 Å². The van der Waals surface area contributed by atoms with Crippen molar-refractivity contribution in [3.63, 3.8) is 0 Å². The van der Waals surface area contributed by atoms with E-state index in [0.29, 0.717) is 0 Å². The van der Waals surface area contributed by atoms with Crippen molar-refractivity contribution in [1.82, 2.24) is 20.1 Å². The third kappa shape index (κ3) is 5.94. The Hall–Kier alpha value is -1.18. The van der Waals surface area contributed by atoms with Gasteiger partial charge in [-0.1, -0.05) is 12.8 Å². The van der Waals surface area contributed by atoms with Crippen LogP contribution in [-0.2, 0) is 11.3 Å². The molecule has 1 N–H and O–H groups in total. The molecule has 0 amide bonds. The number of likely N-dealkylation sites (N-methyl/N-ethyl adjacent to an activating group) is 1. The van der Waals surface area contributed by atoms with Gasteiger partial charge < -0.3 is 19.9 Å². The second-order valence-electron chi connectivity index (χ2n) is 6.80. The summed E-state index contributed by atoms with van der Waals surface area (Å²) in [6.07, 6.45) is 5.50. The fourth-order valence-electron chi connectivity index (χ4n) is 3.26. The zero-order valence-corrected chi connectivity index (χ0v) is 17.1. The van der Waals surface area contributed by atoms with Gasteiger partial charge in [-0.3, -0.25) is 4.99 Å². The predicted octanol–water partition coefficient (Wildman–Crippen LogP) is 2.73. The molecule has 0 spiro atoms. The van der Waals surface area contributed by atoms with Crippen molar-refractivity contribution in [2.45, 2.75) is 51.3 Å². The molecular formula is C18H33N5OS. The summed E-state index contributed by atoms with van der Waals surface area (Å²) in [5, 5.41) is 6.59. The quantitative estimate of drug-likeness (QED) is 0.566. The summed E-state index contributed by atoms with van der Waals surface area (Å²) in [6.45, 7) is 4.72. The van der Waals surface area contributed by atoms with Crippen LogP contribution >= 0.6 is 11.3 Å². The number of guanidine groups is 1. The van der Waals surface area contributed by atoms with Crippen molar-refractivity contribution in [3.8, 4) is 0 Å². The maximum atomic E-state index is 5.33. The molecule has 0 saturated heterocycles. The highest BCUT2D eigenvalue weighted by atomic mass is 32.1. The normalized spacial score (nSPS) is 17.3. The molecule has 1 fully saturated rings. The van der Waals surface area contributed by atoms with Crippen LogP contribution in [0.5, 0.6) is 0 Å². The molecule has 1 heterocycles. The summed E-state index contributed by atoms with van der Waals surface area (Å²) in [7, 11) is 7.83. The van der Waals surface area contributed by atoms with Crippen LogP contribution in [0.25, 0.3) is 0 Å². The van der Waals surface area contributed by atoms with Crippen molar-refractivity contribution in [2.24, 2.45) is 4.99 Å². The standard InChI is InChI=1S/C18H33N5OS/c1-14(24-5)17-21-15(13-25-17)12-23(4)18(19-2)20-10-11-22(3)16-8-6-7-9-16/h13-14,16H,6-12H2,1-5H3,(H,19,20). The highest BCUT2D eigenvalue weighted by Crippen LogP contribution is 2.22. The smallest absolute Gasteiger partial charge is 0.193 e. The molecule has 25 heavy (non-hydrogen) atoms. The van der Waals surface area contributed by atoms with Gasteiger partial charge in [-0.15, -0.1) is 11.3 Å². The van der Waals surface area contributed by atoms with E-state index >= 15 is 0 Å². The monoisotopic (exact) mass is 367 g/mol. The first-order chi connectivity index (χ1) is 12.0. The van der Waals surface area contributed by atoms with Crippen molar-refractivity contribution in [1.29, 1.82) is 0 Å². The van der Waals surface area contributed by atoms with Crippen LogP contribution in [0.15, 0.2) is 10.4 Å². The topological polar surface area (TPSA) is 53.0 Å². The van der Waals surface area contributed by atoms with E-state index in [-0.39, 0.29) is 6.10 Å². The molecule has 1 aromatic heterocycles. The summed E-state index contributed by atoms with van der Waals surface area (Å²) in [6, 6.07) is 0.762. The van der Waals surface area contributed by atoms with E-state index in [9.17, 15) is 0 Å². The van der Waals surface area contributed by atoms with Crippen molar-refractivity contribution < 1.29 is 4.74 Å². The molecule has 6 nitrogen and oxygen atoms in total. The SMILES string of the molecule is CN=C(NCCN(C)C1CCCC1)N(C)Cc1csc(C(C)OC)n1. The van der Waals surface area contributed by atoms with Crippen LogP contribution < -0.4 is 5.32 Å². The molecule has 1 unspecified atom stereocenters. The molecule has 1 aliphatic carbocycles. The second-order valence-corrected chi connectivity index (χ2v) is 7.69. The first-order valence-corrected chi connectivity index (χ1v) is 10.0. The van der Waals surface area contributed by atoms with Crippen LogP contribution in [0.1, 0.15) is 49.4 Å². The lowest BCUT2D eigenvalue weighted by molar-refractivity contribution is 0.119. The second kappa shape index (κ2) is 10.1. The third-order valence-electron chi connectivity index (χ3n) is 4.94. The highest BCUT2D eigenvalue weighted by Gasteiger charge is 2.19. The van der Waals surface area contributed by atoms with E-state index in [4.69, 9.17) is 4.74 Å². The minimum Gasteiger partial charge on any atom is -0.375 e. The predicted molar refractivity (Wildman–Crippen MR) is 105 cm³/mol. The Balaban J connectivity index is 1.78. The van der Waals surface area contributed by atoms with Gasteiger partial charge >= 0.3 is 0 Å². The molecule has 0 radical (unpaired) electrons. The van der Waals surface area contributed by atoms with Gasteiger partial charge in [0, 0.05) is 45.7 Å². The number of hydrogen-bond acceptors (Lipinski definition) is 5. The first-order valence-electron chi connectivity index (χ1n) is 9.14. The number of aliphatic imine (C=N–C) groups is 1. The van der Waals surface area contributed by atoms with E-state index < -0.39 is 0 Å². The number of nitrogens with one attached hydrogen (secondary N) is 1. The molecule has 0 aliphatic heterocycles. The van der Waals surface area contributed by atoms with Gasteiger partial charge in [0.1, 0.15) is 11.1 Å². The number of nitrogens with zero attached hydrogens (tertiary/aromatic N) is 4. The maximum absolute atomic E-state index is 5.33. The average Bonchev–Trinajstić information content (AvgIpc) is 3.29. The molecule has 0 aromatic carbocycles. The third-order valence-corrected chi connectivity index (χ3v) is 5.99. The molecule has 2 rings (SSSR count). The fourth-order valence-corrected chi connectivity index (χ4v) is 4.10. The number of thiazole rings is 1. The number of aromatic nitrogens is 1. The Morgan fingerprint density at radius 3 is 2.80 bits per heavy atom. The lowest BCUT2D eigenvalue weighted by atomic mass is 10.2. The van der Waals surface area contributed by atoms with Crippen molar-refractivity contribution in [2.75, 3.05) is 41.3 Å². The Kier molecular flexibility index (Phi) is 8.12. The van der Waals surface area contributed by atoms with E-state index in [1.807, 2.05) is 14.0 Å². The molecular weight excluding hydrogens is 334 g/mol. The largest absolute Gasteiger partial charge is 0.375 e. The summed E-state index contributed by atoms with van der Waals surface area (Å²) < 4.78 is 5.33. The lowest BCUT2D eigenvalue weighted by Crippen LogP contribution is -2.43. The van der Waals surface area contributed by atoms with Crippen LogP contribution in [0, 0.1) is 0 Å². The van der Waals surface area contributed by atoms with Crippen LogP contribution in [0.4, 0.5) is 0 Å². The zero-order valence-electron chi connectivity index (χ0n) is 16.3. The minimum absolute atomic E-state index is 0.0487. The number of hydrogen-bond donors (Lipinski definition) is 1. The van der Waals surface area contributed by atoms with Gasteiger partial charge in [0.05, 0.1) is 12.2 Å². The highest BCUT2D eigenvalue weighted by molar-refractivity contribution is 7.09.